The molecule has 0 fully saturated rings. The Morgan fingerprint density at radius 2 is 1.88 bits per heavy atom. The van der Waals surface area contributed by atoms with Crippen LogP contribution >= 0.6 is 0 Å². The van der Waals surface area contributed by atoms with Gasteiger partial charge < -0.3 is 5.11 Å². The molecule has 17 heavy (non-hydrogen) atoms. The van der Waals surface area contributed by atoms with Crippen LogP contribution in [0.25, 0.3) is 0 Å². The molecule has 0 spiro atoms. The van der Waals surface area contributed by atoms with Crippen LogP contribution in [0, 0.1) is 0 Å². The topological polar surface area (TPSA) is 37.3 Å². The first-order chi connectivity index (χ1) is 7.95. The standard InChI is InChI=1S/C14H19FO2/c1-14(2,10-13(16)17)12-7-5-11(6-8-12)4-3-9-15/h5-8H,3-4,9-10H2,1-2H3,(H,16,17). The first kappa shape index (κ1) is 13.7. The Morgan fingerprint density at radius 3 is 2.35 bits per heavy atom. The quantitative estimate of drug-likeness (QED) is 0.825. The van der Waals surface area contributed by atoms with Crippen molar-refractivity contribution in [3.8, 4) is 0 Å². The van der Waals surface area contributed by atoms with Crippen molar-refractivity contribution in [3.63, 3.8) is 0 Å². The Labute approximate surface area is 101 Å². The molecule has 1 rings (SSSR count). The van der Waals surface area contributed by atoms with Crippen LogP contribution in [0.15, 0.2) is 24.3 Å². The fourth-order valence-electron chi connectivity index (χ4n) is 1.87. The summed E-state index contributed by atoms with van der Waals surface area (Å²) in [4.78, 5) is 10.8. The highest BCUT2D eigenvalue weighted by Gasteiger charge is 2.23. The van der Waals surface area contributed by atoms with Crippen LogP contribution in [0.3, 0.4) is 0 Å². The highest BCUT2D eigenvalue weighted by atomic mass is 19.1. The summed E-state index contributed by atoms with van der Waals surface area (Å²) in [6, 6.07) is 7.79. The van der Waals surface area contributed by atoms with Gasteiger partial charge in [-0.1, -0.05) is 38.1 Å². The second-order valence-corrected chi connectivity index (χ2v) is 4.94. The van der Waals surface area contributed by atoms with Crippen LogP contribution in [0.5, 0.6) is 0 Å². The van der Waals surface area contributed by atoms with E-state index in [0.29, 0.717) is 6.42 Å². The molecule has 0 aliphatic rings. The Balaban J connectivity index is 2.75. The number of aliphatic carboxylic acids is 1. The summed E-state index contributed by atoms with van der Waals surface area (Å²) in [5.41, 5.74) is 1.73. The van der Waals surface area contributed by atoms with E-state index in [0.717, 1.165) is 17.5 Å². The number of benzene rings is 1. The number of carboxylic acids is 1. The Hall–Kier alpha value is -1.38. The first-order valence-corrected chi connectivity index (χ1v) is 5.83. The van der Waals surface area contributed by atoms with Crippen LogP contribution in [0.1, 0.15) is 37.8 Å². The fourth-order valence-corrected chi connectivity index (χ4v) is 1.87. The number of hydrogen-bond donors (Lipinski definition) is 1. The lowest BCUT2D eigenvalue weighted by Gasteiger charge is -2.23. The molecule has 0 heterocycles. The summed E-state index contributed by atoms with van der Waals surface area (Å²) in [6.45, 7) is 3.53. The van der Waals surface area contributed by atoms with Gasteiger partial charge in [0.2, 0.25) is 0 Å². The summed E-state index contributed by atoms with van der Waals surface area (Å²) in [5.74, 6) is -0.795. The van der Waals surface area contributed by atoms with Crippen molar-refractivity contribution in [1.29, 1.82) is 0 Å². The summed E-state index contributed by atoms with van der Waals surface area (Å²) in [7, 11) is 0. The van der Waals surface area contributed by atoms with Gasteiger partial charge in [0.1, 0.15) is 0 Å². The van der Waals surface area contributed by atoms with E-state index in [1.165, 1.54) is 0 Å². The van der Waals surface area contributed by atoms with Gasteiger partial charge in [-0.05, 0) is 24.0 Å². The van der Waals surface area contributed by atoms with E-state index in [-0.39, 0.29) is 18.5 Å². The molecular weight excluding hydrogens is 219 g/mol. The smallest absolute Gasteiger partial charge is 0.304 e. The van der Waals surface area contributed by atoms with Gasteiger partial charge in [-0.25, -0.2) is 0 Å². The molecule has 1 N–H and O–H groups in total. The average Bonchev–Trinajstić information content (AvgIpc) is 2.25. The van der Waals surface area contributed by atoms with Crippen molar-refractivity contribution >= 4 is 5.97 Å². The molecule has 0 aliphatic heterocycles. The van der Waals surface area contributed by atoms with Crippen LogP contribution < -0.4 is 0 Å². The lowest BCUT2D eigenvalue weighted by Crippen LogP contribution is -2.21. The van der Waals surface area contributed by atoms with Gasteiger partial charge in [-0.2, -0.15) is 0 Å². The molecule has 94 valence electrons. The van der Waals surface area contributed by atoms with E-state index in [1.54, 1.807) is 0 Å². The van der Waals surface area contributed by atoms with Crippen molar-refractivity contribution in [2.45, 2.75) is 38.5 Å². The molecule has 3 heteroatoms. The molecule has 0 aromatic heterocycles. The van der Waals surface area contributed by atoms with Crippen LogP contribution in [0.4, 0.5) is 4.39 Å². The second-order valence-electron chi connectivity index (χ2n) is 4.94. The Kier molecular flexibility index (Phi) is 4.67. The number of carboxylic acid groups (broad SMARTS) is 1. The van der Waals surface area contributed by atoms with Crippen LogP contribution in [-0.4, -0.2) is 17.8 Å². The van der Waals surface area contributed by atoms with Crippen molar-refractivity contribution < 1.29 is 14.3 Å². The number of carbonyl (C=O) groups is 1. The van der Waals surface area contributed by atoms with Gasteiger partial charge >= 0.3 is 5.97 Å². The largest absolute Gasteiger partial charge is 0.481 e. The molecule has 0 unspecified atom stereocenters. The summed E-state index contributed by atoms with van der Waals surface area (Å²) >= 11 is 0. The lowest BCUT2D eigenvalue weighted by molar-refractivity contribution is -0.138. The van der Waals surface area contributed by atoms with Crippen LogP contribution in [0.2, 0.25) is 0 Å². The SMILES string of the molecule is CC(C)(CC(=O)O)c1ccc(CCCF)cc1. The minimum absolute atomic E-state index is 0.108. The average molecular weight is 238 g/mol. The molecule has 2 nitrogen and oxygen atoms in total. The van der Waals surface area contributed by atoms with E-state index in [9.17, 15) is 9.18 Å². The molecule has 0 saturated carbocycles. The van der Waals surface area contributed by atoms with Crippen LogP contribution in [-0.2, 0) is 16.6 Å². The van der Waals surface area contributed by atoms with Gasteiger partial charge in [0.15, 0.2) is 0 Å². The maximum Gasteiger partial charge on any atom is 0.304 e. The van der Waals surface area contributed by atoms with Gasteiger partial charge in [0.05, 0.1) is 13.1 Å². The molecular formula is C14H19FO2. The number of hydrogen-bond acceptors (Lipinski definition) is 1. The van der Waals surface area contributed by atoms with E-state index in [2.05, 4.69) is 0 Å². The van der Waals surface area contributed by atoms with Crippen molar-refractivity contribution in [3.05, 3.63) is 35.4 Å². The van der Waals surface area contributed by atoms with Gasteiger partial charge in [-0.3, -0.25) is 9.18 Å². The van der Waals surface area contributed by atoms with E-state index in [1.807, 2.05) is 38.1 Å². The fraction of sp³-hybridized carbons (Fsp3) is 0.500. The normalized spacial score (nSPS) is 11.5. The minimum atomic E-state index is -0.795. The highest BCUT2D eigenvalue weighted by molar-refractivity contribution is 5.68. The maximum absolute atomic E-state index is 12.0. The highest BCUT2D eigenvalue weighted by Crippen LogP contribution is 2.27. The molecule has 0 amide bonds. The van der Waals surface area contributed by atoms with Gasteiger partial charge in [0, 0.05) is 5.41 Å². The number of rotatable bonds is 6. The zero-order valence-electron chi connectivity index (χ0n) is 10.4. The zero-order chi connectivity index (χ0) is 12.9. The Bertz CT molecular complexity index is 368. The number of halogens is 1. The maximum atomic E-state index is 12.0. The molecule has 0 aliphatic carbocycles. The van der Waals surface area contributed by atoms with Gasteiger partial charge in [-0.15, -0.1) is 0 Å². The minimum Gasteiger partial charge on any atom is -0.481 e. The Morgan fingerprint density at radius 1 is 1.29 bits per heavy atom. The third kappa shape index (κ3) is 4.17. The molecule has 0 saturated heterocycles. The van der Waals surface area contributed by atoms with E-state index < -0.39 is 5.97 Å². The number of alkyl halides is 1. The predicted octanol–water partition coefficient (Wildman–Crippen LogP) is 3.34. The van der Waals surface area contributed by atoms with Crippen molar-refractivity contribution in [1.82, 2.24) is 0 Å². The van der Waals surface area contributed by atoms with Crippen molar-refractivity contribution in [2.75, 3.05) is 6.67 Å². The summed E-state index contributed by atoms with van der Waals surface area (Å²) < 4.78 is 12.0. The first-order valence-electron chi connectivity index (χ1n) is 5.83. The van der Waals surface area contributed by atoms with E-state index in [4.69, 9.17) is 5.11 Å². The molecule has 0 atom stereocenters. The molecule has 0 radical (unpaired) electrons. The third-order valence-corrected chi connectivity index (χ3v) is 2.93. The zero-order valence-corrected chi connectivity index (χ0v) is 10.4. The summed E-state index contributed by atoms with van der Waals surface area (Å²) in [6.07, 6.45) is 1.38. The second kappa shape index (κ2) is 5.80. The lowest BCUT2D eigenvalue weighted by atomic mass is 9.81. The number of aryl methyl sites for hydroxylation is 1. The molecule has 0 bridgehead atoms. The monoisotopic (exact) mass is 238 g/mol. The summed E-state index contributed by atoms with van der Waals surface area (Å²) in [5, 5.41) is 8.84. The molecule has 1 aromatic carbocycles. The van der Waals surface area contributed by atoms with E-state index >= 15 is 0 Å². The molecule has 1 aromatic rings. The van der Waals surface area contributed by atoms with Gasteiger partial charge in [0.25, 0.3) is 0 Å². The predicted molar refractivity (Wildman–Crippen MR) is 66.0 cm³/mol. The third-order valence-electron chi connectivity index (χ3n) is 2.93. The van der Waals surface area contributed by atoms with Crippen molar-refractivity contribution in [2.24, 2.45) is 0 Å².